The first kappa shape index (κ1) is 18.6. The Kier molecular flexibility index (Phi) is 6.50. The van der Waals surface area contributed by atoms with Crippen molar-refractivity contribution in [1.82, 2.24) is 5.32 Å². The summed E-state index contributed by atoms with van der Waals surface area (Å²) < 4.78 is 10.7. The van der Waals surface area contributed by atoms with Crippen LogP contribution in [-0.2, 0) is 0 Å². The van der Waals surface area contributed by atoms with Crippen molar-refractivity contribution in [3.8, 4) is 11.5 Å². The molecule has 0 heterocycles. The van der Waals surface area contributed by atoms with Gasteiger partial charge in [-0.1, -0.05) is 25.4 Å². The lowest BCUT2D eigenvalue weighted by molar-refractivity contribution is 0.0883. The Labute approximate surface area is 137 Å². The third-order valence-electron chi connectivity index (χ3n) is 3.88. The lowest BCUT2D eigenvalue weighted by Gasteiger charge is -2.33. The molecule has 0 spiro atoms. The summed E-state index contributed by atoms with van der Waals surface area (Å²) in [7, 11) is 1.51. The van der Waals surface area contributed by atoms with E-state index >= 15 is 0 Å². The van der Waals surface area contributed by atoms with Gasteiger partial charge < -0.3 is 20.5 Å². The van der Waals surface area contributed by atoms with Gasteiger partial charge in [0, 0.05) is 12.1 Å². The topological polar surface area (TPSA) is 73.6 Å². The van der Waals surface area contributed by atoms with Gasteiger partial charge in [-0.15, -0.1) is 0 Å². The molecule has 0 aliphatic rings. The Bertz CT molecular complexity index is 534. The first-order valence-corrected chi connectivity index (χ1v) is 7.69. The summed E-state index contributed by atoms with van der Waals surface area (Å²) in [6.45, 7) is 8.60. The zero-order valence-corrected chi connectivity index (χ0v) is 14.6. The fourth-order valence-corrected chi connectivity index (χ4v) is 2.16. The molecule has 124 valence electrons. The number of hydrogen-bond acceptors (Lipinski definition) is 4. The lowest BCUT2D eigenvalue weighted by atomic mass is 9.88. The highest BCUT2D eigenvalue weighted by Gasteiger charge is 2.29. The maximum absolute atomic E-state index is 12.5. The number of carbonyl (C=O) groups is 1. The molecule has 0 aliphatic carbocycles. The number of carbonyl (C=O) groups excluding carboxylic acids is 1. The van der Waals surface area contributed by atoms with Crippen LogP contribution in [0.15, 0.2) is 12.1 Å². The second-order valence-electron chi connectivity index (χ2n) is 5.65. The molecule has 0 saturated carbocycles. The molecule has 0 bridgehead atoms. The van der Waals surface area contributed by atoms with Crippen molar-refractivity contribution >= 4 is 17.5 Å². The van der Waals surface area contributed by atoms with Crippen LogP contribution in [-0.4, -0.2) is 31.7 Å². The van der Waals surface area contributed by atoms with Crippen LogP contribution in [0.4, 0.5) is 0 Å². The van der Waals surface area contributed by atoms with Crippen molar-refractivity contribution in [3.63, 3.8) is 0 Å². The van der Waals surface area contributed by atoms with Gasteiger partial charge in [0.25, 0.3) is 5.91 Å². The molecule has 1 rings (SSSR count). The summed E-state index contributed by atoms with van der Waals surface area (Å²) >= 11 is 6.19. The van der Waals surface area contributed by atoms with Crippen molar-refractivity contribution in [2.45, 2.75) is 33.2 Å². The Morgan fingerprint density at radius 3 is 2.55 bits per heavy atom. The second kappa shape index (κ2) is 7.70. The van der Waals surface area contributed by atoms with Crippen LogP contribution >= 0.6 is 11.6 Å². The number of rotatable bonds is 7. The number of benzene rings is 1. The number of hydrogen-bond donors (Lipinski definition) is 2. The highest BCUT2D eigenvalue weighted by molar-refractivity contribution is 6.32. The highest BCUT2D eigenvalue weighted by atomic mass is 35.5. The maximum Gasteiger partial charge on any atom is 0.251 e. The van der Waals surface area contributed by atoms with Gasteiger partial charge in [-0.25, -0.2) is 0 Å². The molecule has 1 unspecified atom stereocenters. The number of ether oxygens (including phenoxy) is 2. The van der Waals surface area contributed by atoms with Crippen LogP contribution in [0, 0.1) is 5.92 Å². The normalized spacial score (nSPS) is 13.6. The SMILES string of the molecule is CCOc1c(Cl)cc(C(=O)NC(C)(CN)C(C)C)cc1OC. The van der Waals surface area contributed by atoms with Gasteiger partial charge in [-0.2, -0.15) is 0 Å². The first-order valence-electron chi connectivity index (χ1n) is 7.32. The Morgan fingerprint density at radius 2 is 2.09 bits per heavy atom. The highest BCUT2D eigenvalue weighted by Crippen LogP contribution is 2.36. The third-order valence-corrected chi connectivity index (χ3v) is 4.16. The molecule has 0 saturated heterocycles. The minimum Gasteiger partial charge on any atom is -0.493 e. The third kappa shape index (κ3) is 4.05. The van der Waals surface area contributed by atoms with Crippen molar-refractivity contribution in [1.29, 1.82) is 0 Å². The predicted octanol–water partition coefficient (Wildman–Crippen LogP) is 2.85. The van der Waals surface area contributed by atoms with Crippen molar-refractivity contribution < 1.29 is 14.3 Å². The lowest BCUT2D eigenvalue weighted by Crippen LogP contribution is -2.55. The number of amides is 1. The van der Waals surface area contributed by atoms with Crippen LogP contribution in [0.5, 0.6) is 11.5 Å². The molecule has 1 aromatic rings. The molecule has 0 fully saturated rings. The van der Waals surface area contributed by atoms with E-state index in [0.717, 1.165) is 0 Å². The zero-order valence-electron chi connectivity index (χ0n) is 13.8. The van der Waals surface area contributed by atoms with E-state index in [0.29, 0.717) is 35.2 Å². The van der Waals surface area contributed by atoms with E-state index in [4.69, 9.17) is 26.8 Å². The first-order chi connectivity index (χ1) is 10.3. The van der Waals surface area contributed by atoms with E-state index in [9.17, 15) is 4.79 Å². The summed E-state index contributed by atoms with van der Waals surface area (Å²) in [6.07, 6.45) is 0. The Balaban J connectivity index is 3.12. The van der Waals surface area contributed by atoms with Gasteiger partial charge in [0.05, 0.1) is 24.3 Å². The van der Waals surface area contributed by atoms with Crippen LogP contribution in [0.2, 0.25) is 5.02 Å². The van der Waals surface area contributed by atoms with E-state index in [2.05, 4.69) is 5.32 Å². The molecule has 0 aromatic heterocycles. The van der Waals surface area contributed by atoms with Crippen LogP contribution < -0.4 is 20.5 Å². The average Bonchev–Trinajstić information content (AvgIpc) is 2.48. The fourth-order valence-electron chi connectivity index (χ4n) is 1.90. The molecule has 0 aliphatic heterocycles. The van der Waals surface area contributed by atoms with E-state index in [1.165, 1.54) is 7.11 Å². The van der Waals surface area contributed by atoms with Gasteiger partial charge in [0.1, 0.15) is 0 Å². The smallest absolute Gasteiger partial charge is 0.251 e. The van der Waals surface area contributed by atoms with Crippen LogP contribution in [0.3, 0.4) is 0 Å². The van der Waals surface area contributed by atoms with Crippen molar-refractivity contribution in [2.24, 2.45) is 11.7 Å². The quantitative estimate of drug-likeness (QED) is 0.807. The summed E-state index contributed by atoms with van der Waals surface area (Å²) in [5.41, 5.74) is 5.72. The van der Waals surface area contributed by atoms with Gasteiger partial charge in [-0.3, -0.25) is 4.79 Å². The molecule has 1 atom stereocenters. The molecular weight excluding hydrogens is 304 g/mol. The fraction of sp³-hybridized carbons (Fsp3) is 0.562. The molecule has 3 N–H and O–H groups in total. The Morgan fingerprint density at radius 1 is 1.45 bits per heavy atom. The summed E-state index contributed by atoms with van der Waals surface area (Å²) in [6, 6.07) is 3.19. The summed E-state index contributed by atoms with van der Waals surface area (Å²) in [5.74, 6) is 0.818. The molecule has 0 radical (unpaired) electrons. The molecule has 5 nitrogen and oxygen atoms in total. The average molecular weight is 329 g/mol. The van der Waals surface area contributed by atoms with Crippen LogP contribution in [0.1, 0.15) is 38.1 Å². The zero-order chi connectivity index (χ0) is 16.9. The Hall–Kier alpha value is -1.46. The van der Waals surface area contributed by atoms with Gasteiger partial charge >= 0.3 is 0 Å². The predicted molar refractivity (Wildman–Crippen MR) is 88.9 cm³/mol. The van der Waals surface area contributed by atoms with Crippen LogP contribution in [0.25, 0.3) is 0 Å². The monoisotopic (exact) mass is 328 g/mol. The molecular formula is C16H25ClN2O3. The molecule has 6 heteroatoms. The minimum atomic E-state index is -0.491. The number of methoxy groups -OCH3 is 1. The molecule has 1 aromatic carbocycles. The largest absolute Gasteiger partial charge is 0.493 e. The summed E-state index contributed by atoms with van der Waals surface area (Å²) in [5, 5.41) is 3.31. The van der Waals surface area contributed by atoms with E-state index in [1.807, 2.05) is 27.7 Å². The standard InChI is InChI=1S/C16H25ClN2O3/c1-6-22-14-12(17)7-11(8-13(14)21-5)15(20)19-16(4,9-18)10(2)3/h7-8,10H,6,9,18H2,1-5H3,(H,19,20). The van der Waals surface area contributed by atoms with Gasteiger partial charge in [0.2, 0.25) is 0 Å². The molecule has 1 amide bonds. The minimum absolute atomic E-state index is 0.196. The van der Waals surface area contributed by atoms with E-state index < -0.39 is 5.54 Å². The van der Waals surface area contributed by atoms with Crippen molar-refractivity contribution in [3.05, 3.63) is 22.7 Å². The van der Waals surface area contributed by atoms with E-state index in [-0.39, 0.29) is 11.8 Å². The molecule has 22 heavy (non-hydrogen) atoms. The maximum atomic E-state index is 12.5. The van der Waals surface area contributed by atoms with E-state index in [1.54, 1.807) is 12.1 Å². The van der Waals surface area contributed by atoms with Gasteiger partial charge in [0.15, 0.2) is 11.5 Å². The number of nitrogens with one attached hydrogen (secondary N) is 1. The van der Waals surface area contributed by atoms with Gasteiger partial charge in [-0.05, 0) is 31.9 Å². The van der Waals surface area contributed by atoms with Crippen molar-refractivity contribution in [2.75, 3.05) is 20.3 Å². The summed E-state index contributed by atoms with van der Waals surface area (Å²) in [4.78, 5) is 12.5. The second-order valence-corrected chi connectivity index (χ2v) is 6.06. The number of nitrogens with two attached hydrogens (primary N) is 1. The number of halogens is 1.